The molecule has 30 heavy (non-hydrogen) atoms. The molecule has 156 valence electrons. The number of rotatable bonds is 9. The Morgan fingerprint density at radius 2 is 1.60 bits per heavy atom. The number of aromatic nitrogens is 3. The molecule has 0 aliphatic rings. The van der Waals surface area contributed by atoms with E-state index in [0.29, 0.717) is 29.3 Å². The lowest BCUT2D eigenvalue weighted by molar-refractivity contribution is -0.160. The van der Waals surface area contributed by atoms with Crippen LogP contribution >= 0.6 is 0 Å². The zero-order chi connectivity index (χ0) is 21.6. The monoisotopic (exact) mass is 408 g/mol. The molecule has 0 aliphatic heterocycles. The molecule has 0 bridgehead atoms. The van der Waals surface area contributed by atoms with E-state index in [1.807, 2.05) is 43.3 Å². The summed E-state index contributed by atoms with van der Waals surface area (Å²) in [5.41, 5.74) is -0.179. The molecule has 1 atom stereocenters. The van der Waals surface area contributed by atoms with Crippen molar-refractivity contribution in [3.8, 4) is 6.01 Å². The quantitative estimate of drug-likeness (QED) is 0.557. The van der Waals surface area contributed by atoms with Crippen LogP contribution in [-0.2, 0) is 21.6 Å². The fraction of sp³-hybridized carbons (Fsp3) is 0.273. The summed E-state index contributed by atoms with van der Waals surface area (Å²) >= 11 is 0. The summed E-state index contributed by atoms with van der Waals surface area (Å²) in [6, 6.07) is 18.1. The van der Waals surface area contributed by atoms with Gasteiger partial charge in [-0.1, -0.05) is 67.6 Å². The Hall–Kier alpha value is -3.52. The van der Waals surface area contributed by atoms with Crippen LogP contribution in [0.4, 0.5) is 5.95 Å². The fourth-order valence-corrected chi connectivity index (χ4v) is 3.32. The van der Waals surface area contributed by atoms with Gasteiger partial charge in [-0.05, 0) is 11.1 Å². The van der Waals surface area contributed by atoms with Gasteiger partial charge < -0.3 is 19.9 Å². The van der Waals surface area contributed by atoms with Crippen molar-refractivity contribution in [2.45, 2.75) is 25.0 Å². The number of nitrogens with one attached hydrogen (secondary N) is 1. The van der Waals surface area contributed by atoms with Gasteiger partial charge in [-0.2, -0.15) is 15.0 Å². The first-order valence-corrected chi connectivity index (χ1v) is 9.53. The number of nitrogens with zero attached hydrogens (tertiary/aromatic N) is 3. The third-order valence-electron chi connectivity index (χ3n) is 4.75. The Bertz CT molecular complexity index is 921. The van der Waals surface area contributed by atoms with Gasteiger partial charge in [-0.25, -0.2) is 4.79 Å². The smallest absolute Gasteiger partial charge is 0.348 e. The van der Waals surface area contributed by atoms with Crippen molar-refractivity contribution < 1.29 is 19.4 Å². The van der Waals surface area contributed by atoms with E-state index in [1.165, 1.54) is 7.11 Å². The molecule has 0 spiro atoms. The number of ether oxygens (including phenoxy) is 2. The van der Waals surface area contributed by atoms with Crippen LogP contribution < -0.4 is 10.1 Å². The third kappa shape index (κ3) is 4.08. The number of aryl methyl sites for hydroxylation is 1. The van der Waals surface area contributed by atoms with Gasteiger partial charge in [0, 0.05) is 20.6 Å². The second-order valence-electron chi connectivity index (χ2n) is 6.47. The highest BCUT2D eigenvalue weighted by Crippen LogP contribution is 2.38. The van der Waals surface area contributed by atoms with Crippen LogP contribution in [0.2, 0.25) is 0 Å². The second-order valence-corrected chi connectivity index (χ2v) is 6.47. The first-order chi connectivity index (χ1) is 14.5. The molecule has 0 aliphatic carbocycles. The van der Waals surface area contributed by atoms with Gasteiger partial charge in [0.2, 0.25) is 12.1 Å². The number of benzene rings is 2. The summed E-state index contributed by atoms with van der Waals surface area (Å²) in [5, 5.41) is 13.0. The molecule has 8 heteroatoms. The Morgan fingerprint density at radius 1 is 1.03 bits per heavy atom. The molecule has 1 heterocycles. The Balaban J connectivity index is 2.18. The highest BCUT2D eigenvalue weighted by molar-refractivity contribution is 5.76. The SMILES string of the molecule is CCc1nc(NC)nc(OC(C(=O)O)C(OC)(c2ccccc2)c2ccccc2)n1. The predicted molar refractivity (Wildman–Crippen MR) is 111 cm³/mol. The molecule has 0 saturated carbocycles. The minimum absolute atomic E-state index is 0.0908. The lowest BCUT2D eigenvalue weighted by Crippen LogP contribution is -2.50. The summed E-state index contributed by atoms with van der Waals surface area (Å²) < 4.78 is 11.8. The summed E-state index contributed by atoms with van der Waals surface area (Å²) in [4.78, 5) is 25.1. The second kappa shape index (κ2) is 9.32. The van der Waals surface area contributed by atoms with Gasteiger partial charge in [0.25, 0.3) is 0 Å². The van der Waals surface area contributed by atoms with Crippen molar-refractivity contribution in [3.05, 3.63) is 77.6 Å². The van der Waals surface area contributed by atoms with Gasteiger partial charge in [0.05, 0.1) is 0 Å². The van der Waals surface area contributed by atoms with Crippen molar-refractivity contribution in [2.75, 3.05) is 19.5 Å². The summed E-state index contributed by atoms with van der Waals surface area (Å²) in [6.07, 6.45) is -0.929. The Kier molecular flexibility index (Phi) is 6.58. The highest BCUT2D eigenvalue weighted by Gasteiger charge is 2.49. The fourth-order valence-electron chi connectivity index (χ4n) is 3.32. The standard InChI is InChI=1S/C22H24N4O4/c1-4-17-24-20(23-2)26-21(25-17)30-18(19(27)28)22(29-3,15-11-7-5-8-12-15)16-13-9-6-10-14-16/h5-14,18H,4H2,1-3H3,(H,27,28)(H,23,24,25,26). The van der Waals surface area contributed by atoms with E-state index in [4.69, 9.17) is 9.47 Å². The average Bonchev–Trinajstić information content (AvgIpc) is 2.80. The molecule has 3 rings (SSSR count). The highest BCUT2D eigenvalue weighted by atomic mass is 16.6. The first kappa shape index (κ1) is 21.2. The lowest BCUT2D eigenvalue weighted by atomic mass is 9.81. The molecule has 8 nitrogen and oxygen atoms in total. The molecule has 3 aromatic rings. The predicted octanol–water partition coefficient (Wildman–Crippen LogP) is 2.90. The first-order valence-electron chi connectivity index (χ1n) is 9.53. The van der Waals surface area contributed by atoms with Gasteiger partial charge in [0.1, 0.15) is 5.82 Å². The number of carboxylic acid groups (broad SMARTS) is 1. The van der Waals surface area contributed by atoms with E-state index in [1.54, 1.807) is 31.3 Å². The molecular formula is C22H24N4O4. The zero-order valence-corrected chi connectivity index (χ0v) is 17.1. The number of aliphatic carboxylic acids is 1. The van der Waals surface area contributed by atoms with E-state index in [0.717, 1.165) is 0 Å². The number of hydrogen-bond acceptors (Lipinski definition) is 7. The van der Waals surface area contributed by atoms with Crippen molar-refractivity contribution >= 4 is 11.9 Å². The molecule has 1 aromatic heterocycles. The van der Waals surface area contributed by atoms with Gasteiger partial charge in [-0.15, -0.1) is 0 Å². The summed E-state index contributed by atoms with van der Waals surface area (Å²) in [7, 11) is 3.13. The zero-order valence-electron chi connectivity index (χ0n) is 17.1. The van der Waals surface area contributed by atoms with Crippen LogP contribution in [0.5, 0.6) is 6.01 Å². The van der Waals surface area contributed by atoms with Crippen LogP contribution in [0, 0.1) is 0 Å². The Morgan fingerprint density at radius 3 is 2.03 bits per heavy atom. The molecule has 0 radical (unpaired) electrons. The number of carbonyl (C=O) groups is 1. The maximum atomic E-state index is 12.5. The number of carboxylic acids is 1. The van der Waals surface area contributed by atoms with Gasteiger partial charge >= 0.3 is 12.0 Å². The summed E-state index contributed by atoms with van der Waals surface area (Å²) in [5.74, 6) is -0.437. The number of hydrogen-bond donors (Lipinski definition) is 2. The third-order valence-corrected chi connectivity index (χ3v) is 4.75. The van der Waals surface area contributed by atoms with E-state index in [2.05, 4.69) is 20.3 Å². The van der Waals surface area contributed by atoms with Crippen LogP contribution in [0.1, 0.15) is 23.9 Å². The molecule has 0 saturated heterocycles. The Labute approximate surface area is 174 Å². The van der Waals surface area contributed by atoms with E-state index in [9.17, 15) is 9.90 Å². The minimum atomic E-state index is -1.47. The van der Waals surface area contributed by atoms with Crippen LogP contribution in [0.25, 0.3) is 0 Å². The topological polar surface area (TPSA) is 106 Å². The van der Waals surface area contributed by atoms with Crippen LogP contribution in [-0.4, -0.2) is 46.3 Å². The van der Waals surface area contributed by atoms with Gasteiger partial charge in [-0.3, -0.25) is 0 Å². The molecule has 1 unspecified atom stereocenters. The molecular weight excluding hydrogens is 384 g/mol. The van der Waals surface area contributed by atoms with Crippen molar-refractivity contribution in [1.82, 2.24) is 15.0 Å². The molecule has 2 aromatic carbocycles. The van der Waals surface area contributed by atoms with Crippen molar-refractivity contribution in [1.29, 1.82) is 0 Å². The molecule has 0 fully saturated rings. The largest absolute Gasteiger partial charge is 0.478 e. The van der Waals surface area contributed by atoms with Gasteiger partial charge in [0.15, 0.2) is 5.60 Å². The number of anilines is 1. The van der Waals surface area contributed by atoms with E-state index >= 15 is 0 Å². The number of methoxy groups -OCH3 is 1. The van der Waals surface area contributed by atoms with E-state index < -0.39 is 17.7 Å². The maximum absolute atomic E-state index is 12.5. The van der Waals surface area contributed by atoms with Crippen LogP contribution in [0.15, 0.2) is 60.7 Å². The normalized spacial score (nSPS) is 12.2. The van der Waals surface area contributed by atoms with E-state index in [-0.39, 0.29) is 6.01 Å². The molecule has 2 N–H and O–H groups in total. The minimum Gasteiger partial charge on any atom is -0.478 e. The van der Waals surface area contributed by atoms with Crippen molar-refractivity contribution in [3.63, 3.8) is 0 Å². The average molecular weight is 408 g/mol. The maximum Gasteiger partial charge on any atom is 0.348 e. The van der Waals surface area contributed by atoms with Crippen LogP contribution in [0.3, 0.4) is 0 Å². The lowest BCUT2D eigenvalue weighted by Gasteiger charge is -2.37. The summed E-state index contributed by atoms with van der Waals surface area (Å²) in [6.45, 7) is 1.89. The van der Waals surface area contributed by atoms with Crippen molar-refractivity contribution in [2.24, 2.45) is 0 Å². The molecule has 0 amide bonds.